The lowest BCUT2D eigenvalue weighted by Gasteiger charge is -2.01. The van der Waals surface area contributed by atoms with E-state index in [1.54, 1.807) is 11.8 Å². The summed E-state index contributed by atoms with van der Waals surface area (Å²) in [5.41, 5.74) is 0. The van der Waals surface area contributed by atoms with E-state index >= 15 is 0 Å². The Balaban J connectivity index is 0.000000203. The fourth-order valence-electron chi connectivity index (χ4n) is 1.63. The van der Waals surface area contributed by atoms with Gasteiger partial charge in [-0.1, -0.05) is 23.9 Å². The molecule has 0 heterocycles. The van der Waals surface area contributed by atoms with Crippen LogP contribution < -0.4 is 0 Å². The maximum Gasteiger partial charge on any atom is 0.0174 e. The summed E-state index contributed by atoms with van der Waals surface area (Å²) in [5.74, 6) is 0. The fourth-order valence-corrected chi connectivity index (χ4v) is 3.06. The summed E-state index contributed by atoms with van der Waals surface area (Å²) in [5, 5.41) is 0. The zero-order valence-electron chi connectivity index (χ0n) is 12.1. The molecule has 0 nitrogen and oxygen atoms in total. The summed E-state index contributed by atoms with van der Waals surface area (Å²) >= 11 is 18.5. The van der Waals surface area contributed by atoms with Crippen LogP contribution in [0.3, 0.4) is 0 Å². The molecule has 0 amide bonds. The third-order valence-corrected chi connectivity index (χ3v) is 5.36. The van der Waals surface area contributed by atoms with Gasteiger partial charge in [0.15, 0.2) is 0 Å². The summed E-state index contributed by atoms with van der Waals surface area (Å²) < 4.78 is 0. The van der Waals surface area contributed by atoms with Gasteiger partial charge in [-0.05, 0) is 60.7 Å². The van der Waals surface area contributed by atoms with Crippen molar-refractivity contribution in [3.63, 3.8) is 0 Å². The minimum atomic E-state index is 0.927. The summed E-state index contributed by atoms with van der Waals surface area (Å²) in [6, 6.07) is 24.0. The number of thiol groups is 4. The molecule has 3 rings (SSSR count). The van der Waals surface area contributed by atoms with Gasteiger partial charge in [0, 0.05) is 29.4 Å². The van der Waals surface area contributed by atoms with Crippen LogP contribution in [0.1, 0.15) is 0 Å². The minimum Gasteiger partial charge on any atom is -0.143 e. The molecule has 0 aliphatic rings. The van der Waals surface area contributed by atoms with E-state index in [0.29, 0.717) is 0 Å². The molecule has 3 aromatic carbocycles. The largest absolute Gasteiger partial charge is 0.143 e. The molecule has 0 aliphatic heterocycles. The van der Waals surface area contributed by atoms with Crippen molar-refractivity contribution in [3.8, 4) is 0 Å². The van der Waals surface area contributed by atoms with Crippen LogP contribution in [0.15, 0.2) is 102 Å². The molecule has 0 bridgehead atoms. The summed E-state index contributed by atoms with van der Waals surface area (Å²) in [7, 11) is 0. The van der Waals surface area contributed by atoms with Gasteiger partial charge < -0.3 is 0 Å². The van der Waals surface area contributed by atoms with Crippen LogP contribution in [0.5, 0.6) is 0 Å². The van der Waals surface area contributed by atoms with Crippen LogP contribution in [0, 0.1) is 0 Å². The molecular formula is C18H16S5. The Bertz CT molecular complexity index is 672. The first-order valence-electron chi connectivity index (χ1n) is 6.77. The molecule has 118 valence electrons. The summed E-state index contributed by atoms with van der Waals surface area (Å²) in [6.07, 6.45) is 0. The highest BCUT2D eigenvalue weighted by Gasteiger charge is 1.96. The van der Waals surface area contributed by atoms with Crippen LogP contribution >= 0.6 is 62.3 Å². The second kappa shape index (κ2) is 9.64. The van der Waals surface area contributed by atoms with E-state index in [9.17, 15) is 0 Å². The monoisotopic (exact) mass is 392 g/mol. The Labute approximate surface area is 163 Å². The van der Waals surface area contributed by atoms with Gasteiger partial charge in [0.2, 0.25) is 0 Å². The first-order chi connectivity index (χ1) is 11.0. The fraction of sp³-hybridized carbons (Fsp3) is 0. The number of benzene rings is 3. The zero-order valence-corrected chi connectivity index (χ0v) is 16.5. The van der Waals surface area contributed by atoms with Crippen LogP contribution in [0.4, 0.5) is 0 Å². The van der Waals surface area contributed by atoms with Crippen molar-refractivity contribution in [2.24, 2.45) is 0 Å². The van der Waals surface area contributed by atoms with Crippen molar-refractivity contribution in [3.05, 3.63) is 72.8 Å². The maximum atomic E-state index is 4.25. The quantitative estimate of drug-likeness (QED) is 0.353. The minimum absolute atomic E-state index is 0.927. The van der Waals surface area contributed by atoms with Crippen LogP contribution in [0.2, 0.25) is 0 Å². The maximum absolute atomic E-state index is 4.25. The smallest absolute Gasteiger partial charge is 0.0174 e. The zero-order chi connectivity index (χ0) is 16.7. The van der Waals surface area contributed by atoms with E-state index in [-0.39, 0.29) is 0 Å². The van der Waals surface area contributed by atoms with E-state index in [2.05, 4.69) is 74.8 Å². The van der Waals surface area contributed by atoms with Gasteiger partial charge in [-0.2, -0.15) is 0 Å². The Morgan fingerprint density at radius 1 is 0.478 bits per heavy atom. The first kappa shape index (κ1) is 18.7. The predicted octanol–water partition coefficient (Wildman–Crippen LogP) is 6.68. The average Bonchev–Trinajstić information content (AvgIpc) is 2.55. The molecule has 0 N–H and O–H groups in total. The van der Waals surface area contributed by atoms with Crippen molar-refractivity contribution in [2.75, 3.05) is 0 Å². The molecule has 0 aromatic heterocycles. The third-order valence-electron chi connectivity index (χ3n) is 2.79. The van der Waals surface area contributed by atoms with Gasteiger partial charge in [0.25, 0.3) is 0 Å². The van der Waals surface area contributed by atoms with Gasteiger partial charge in [-0.3, -0.25) is 0 Å². The SMILES string of the molecule is Sc1ccc(Sc2ccc(S)cc2)cc1.Sc1ccccc1S. The summed E-state index contributed by atoms with van der Waals surface area (Å²) in [4.78, 5) is 6.28. The van der Waals surface area contributed by atoms with Crippen molar-refractivity contribution in [1.29, 1.82) is 0 Å². The Hall–Kier alpha value is -0.590. The van der Waals surface area contributed by atoms with E-state index < -0.39 is 0 Å². The lowest BCUT2D eigenvalue weighted by Crippen LogP contribution is -1.73. The van der Waals surface area contributed by atoms with Crippen molar-refractivity contribution in [1.82, 2.24) is 0 Å². The van der Waals surface area contributed by atoms with E-state index in [1.165, 1.54) is 9.79 Å². The van der Waals surface area contributed by atoms with Crippen molar-refractivity contribution in [2.45, 2.75) is 29.4 Å². The van der Waals surface area contributed by atoms with Gasteiger partial charge >= 0.3 is 0 Å². The Morgan fingerprint density at radius 2 is 0.826 bits per heavy atom. The van der Waals surface area contributed by atoms with Crippen molar-refractivity contribution >= 4 is 62.3 Å². The second-order valence-electron chi connectivity index (χ2n) is 4.58. The third kappa shape index (κ3) is 6.81. The Kier molecular flexibility index (Phi) is 7.86. The molecule has 23 heavy (non-hydrogen) atoms. The highest BCUT2D eigenvalue weighted by atomic mass is 32.2. The molecule has 0 radical (unpaired) electrons. The number of hydrogen-bond donors (Lipinski definition) is 4. The predicted molar refractivity (Wildman–Crippen MR) is 112 cm³/mol. The molecule has 0 aliphatic carbocycles. The van der Waals surface area contributed by atoms with E-state index in [1.807, 2.05) is 48.5 Å². The van der Waals surface area contributed by atoms with E-state index in [4.69, 9.17) is 0 Å². The summed E-state index contributed by atoms with van der Waals surface area (Å²) in [6.45, 7) is 0. The average molecular weight is 393 g/mol. The molecule has 0 unspecified atom stereocenters. The first-order valence-corrected chi connectivity index (χ1v) is 9.38. The topological polar surface area (TPSA) is 0 Å². The van der Waals surface area contributed by atoms with Gasteiger partial charge in [0.05, 0.1) is 0 Å². The molecule has 0 spiro atoms. The molecule has 5 heteroatoms. The van der Waals surface area contributed by atoms with Gasteiger partial charge in [-0.15, -0.1) is 50.5 Å². The molecule has 0 fully saturated rings. The normalized spacial score (nSPS) is 9.91. The highest BCUT2D eigenvalue weighted by Crippen LogP contribution is 2.28. The van der Waals surface area contributed by atoms with Gasteiger partial charge in [0.1, 0.15) is 0 Å². The lowest BCUT2D eigenvalue weighted by molar-refractivity contribution is 1.27. The Morgan fingerprint density at radius 3 is 1.13 bits per heavy atom. The number of hydrogen-bond acceptors (Lipinski definition) is 5. The molecular weight excluding hydrogens is 377 g/mol. The van der Waals surface area contributed by atoms with E-state index in [0.717, 1.165) is 19.6 Å². The lowest BCUT2D eigenvalue weighted by atomic mass is 10.4. The molecule has 3 aromatic rings. The van der Waals surface area contributed by atoms with Gasteiger partial charge in [-0.25, -0.2) is 0 Å². The standard InChI is InChI=1S/C12H10S3.C6H6S2/c13-9-1-5-11(6-2-9)15-12-7-3-10(14)4-8-12;7-5-3-1-2-4-6(5)8/h1-8,13-14H;1-4,7-8H. The van der Waals surface area contributed by atoms with Crippen LogP contribution in [0.25, 0.3) is 0 Å². The highest BCUT2D eigenvalue weighted by molar-refractivity contribution is 7.99. The van der Waals surface area contributed by atoms with Crippen LogP contribution in [-0.2, 0) is 0 Å². The number of rotatable bonds is 2. The molecule has 0 atom stereocenters. The second-order valence-corrected chi connectivity index (χ2v) is 7.72. The van der Waals surface area contributed by atoms with Crippen LogP contribution in [-0.4, -0.2) is 0 Å². The molecule has 0 saturated heterocycles. The molecule has 0 saturated carbocycles. The van der Waals surface area contributed by atoms with Crippen molar-refractivity contribution < 1.29 is 0 Å².